The van der Waals surface area contributed by atoms with E-state index in [2.05, 4.69) is 178 Å². The lowest BCUT2D eigenvalue weighted by atomic mass is 10.0. The Bertz CT molecular complexity index is 2800. The number of fused-ring (bicyclic) bond motifs is 5. The van der Waals surface area contributed by atoms with Crippen LogP contribution in [0.3, 0.4) is 0 Å². The molecule has 0 saturated heterocycles. The molecular formula is C47H31N3O. The van der Waals surface area contributed by atoms with Gasteiger partial charge >= 0.3 is 0 Å². The third-order valence-electron chi connectivity index (χ3n) is 9.82. The van der Waals surface area contributed by atoms with Crippen LogP contribution in [0.2, 0.25) is 0 Å². The summed E-state index contributed by atoms with van der Waals surface area (Å²) < 4.78 is 8.54. The number of rotatable bonds is 6. The van der Waals surface area contributed by atoms with E-state index in [-0.39, 0.29) is 0 Å². The largest absolute Gasteiger partial charge is 0.454 e. The smallest absolute Gasteiger partial charge is 0.153 e. The van der Waals surface area contributed by atoms with Crippen molar-refractivity contribution < 1.29 is 4.42 Å². The first kappa shape index (κ1) is 29.0. The first-order chi connectivity index (χ1) is 25.3. The summed E-state index contributed by atoms with van der Waals surface area (Å²) in [5.41, 5.74) is 11.7. The van der Waals surface area contributed by atoms with E-state index in [1.807, 2.05) is 18.2 Å². The molecule has 0 radical (unpaired) electrons. The van der Waals surface area contributed by atoms with Gasteiger partial charge in [0.1, 0.15) is 11.3 Å². The van der Waals surface area contributed by atoms with Gasteiger partial charge in [-0.3, -0.25) is 4.98 Å². The maximum atomic E-state index is 6.16. The minimum Gasteiger partial charge on any atom is -0.454 e. The summed E-state index contributed by atoms with van der Waals surface area (Å²) in [5, 5.41) is 4.88. The predicted molar refractivity (Wildman–Crippen MR) is 211 cm³/mol. The van der Waals surface area contributed by atoms with Gasteiger partial charge in [0.25, 0.3) is 0 Å². The van der Waals surface area contributed by atoms with Crippen LogP contribution >= 0.6 is 0 Å². The lowest BCUT2D eigenvalue weighted by Crippen LogP contribution is -2.09. The molecule has 0 spiro atoms. The Morgan fingerprint density at radius 3 is 1.78 bits per heavy atom. The van der Waals surface area contributed by atoms with Crippen LogP contribution in [0.4, 0.5) is 17.1 Å². The van der Waals surface area contributed by atoms with E-state index in [1.165, 1.54) is 43.7 Å². The summed E-state index contributed by atoms with van der Waals surface area (Å²) in [5.74, 6) is 0.802. The average Bonchev–Trinajstić information content (AvgIpc) is 3.77. The van der Waals surface area contributed by atoms with Crippen LogP contribution in [-0.4, -0.2) is 9.55 Å². The number of aromatic nitrogens is 2. The molecule has 0 aliphatic carbocycles. The van der Waals surface area contributed by atoms with Crippen LogP contribution in [0.5, 0.6) is 0 Å². The number of para-hydroxylation sites is 1. The monoisotopic (exact) mass is 653 g/mol. The molecule has 240 valence electrons. The van der Waals surface area contributed by atoms with E-state index in [4.69, 9.17) is 4.42 Å². The van der Waals surface area contributed by atoms with Crippen molar-refractivity contribution in [1.82, 2.24) is 9.55 Å². The molecule has 51 heavy (non-hydrogen) atoms. The standard InChI is InChI=1S/C47H31N3O/c1-3-10-32(11-4-1)33-17-21-38(22-18-33)49(39-23-19-34(20-24-39)47-31-43-46(51-47)16-9-27-48-43)40-25-26-44-42(30-40)41-28-35-12-7-8-13-36(35)29-45(41)50(44)37-14-5-2-6-15-37/h1-31H. The van der Waals surface area contributed by atoms with Gasteiger partial charge in [-0.05, 0) is 113 Å². The van der Waals surface area contributed by atoms with Crippen molar-refractivity contribution in [2.24, 2.45) is 0 Å². The van der Waals surface area contributed by atoms with Crippen LogP contribution < -0.4 is 4.90 Å². The topological polar surface area (TPSA) is 34.2 Å². The molecule has 7 aromatic carbocycles. The highest BCUT2D eigenvalue weighted by atomic mass is 16.3. The van der Waals surface area contributed by atoms with E-state index < -0.39 is 0 Å². The maximum absolute atomic E-state index is 6.16. The van der Waals surface area contributed by atoms with Gasteiger partial charge in [0.05, 0.1) is 11.0 Å². The minimum atomic E-state index is 0.785. The molecular weight excluding hydrogens is 623 g/mol. The average molecular weight is 654 g/mol. The van der Waals surface area contributed by atoms with Crippen LogP contribution in [0, 0.1) is 0 Å². The second-order valence-corrected chi connectivity index (χ2v) is 12.9. The van der Waals surface area contributed by atoms with Gasteiger partial charge in [0, 0.05) is 51.3 Å². The molecule has 0 aliphatic rings. The molecule has 4 nitrogen and oxygen atoms in total. The summed E-state index contributed by atoms with van der Waals surface area (Å²) in [4.78, 5) is 6.80. The Morgan fingerprint density at radius 1 is 0.451 bits per heavy atom. The van der Waals surface area contributed by atoms with Crippen molar-refractivity contribution >= 4 is 60.7 Å². The van der Waals surface area contributed by atoms with Crippen molar-refractivity contribution in [3.8, 4) is 28.1 Å². The number of hydrogen-bond donors (Lipinski definition) is 0. The van der Waals surface area contributed by atoms with E-state index in [9.17, 15) is 0 Å². The van der Waals surface area contributed by atoms with Gasteiger partial charge in [-0.1, -0.05) is 84.9 Å². The highest BCUT2D eigenvalue weighted by Gasteiger charge is 2.19. The Labute approximate surface area is 295 Å². The van der Waals surface area contributed by atoms with Crippen molar-refractivity contribution in [2.45, 2.75) is 0 Å². The highest BCUT2D eigenvalue weighted by Crippen LogP contribution is 2.42. The molecule has 4 heteroatoms. The third-order valence-corrected chi connectivity index (χ3v) is 9.82. The first-order valence-corrected chi connectivity index (χ1v) is 17.2. The van der Waals surface area contributed by atoms with Gasteiger partial charge in [0.2, 0.25) is 0 Å². The summed E-state index contributed by atoms with van der Waals surface area (Å²) in [6.07, 6.45) is 1.79. The SMILES string of the molecule is c1ccc(-c2ccc(N(c3ccc(-c4cc5ncccc5o4)cc3)c3ccc4c(c3)c3cc5ccccc5cc3n4-c3ccccc3)cc2)cc1. The third kappa shape index (κ3) is 5.04. The molecule has 3 heterocycles. The van der Waals surface area contributed by atoms with Crippen LogP contribution in [0.25, 0.3) is 71.8 Å². The van der Waals surface area contributed by atoms with Crippen LogP contribution in [0.15, 0.2) is 193 Å². The van der Waals surface area contributed by atoms with Crippen molar-refractivity contribution in [2.75, 3.05) is 4.90 Å². The lowest BCUT2D eigenvalue weighted by molar-refractivity contribution is 0.631. The quantitative estimate of drug-likeness (QED) is 0.179. The fourth-order valence-corrected chi connectivity index (χ4v) is 7.36. The first-order valence-electron chi connectivity index (χ1n) is 17.2. The molecule has 0 N–H and O–H groups in total. The molecule has 0 amide bonds. The zero-order valence-corrected chi connectivity index (χ0v) is 27.6. The number of nitrogens with zero attached hydrogens (tertiary/aromatic N) is 3. The van der Waals surface area contributed by atoms with Gasteiger partial charge in [-0.25, -0.2) is 0 Å². The molecule has 0 saturated carbocycles. The fraction of sp³-hybridized carbons (Fsp3) is 0. The normalized spacial score (nSPS) is 11.5. The molecule has 10 rings (SSSR count). The van der Waals surface area contributed by atoms with E-state index in [1.54, 1.807) is 6.20 Å². The molecule has 0 bridgehead atoms. The van der Waals surface area contributed by atoms with Gasteiger partial charge in [-0.2, -0.15) is 0 Å². The molecule has 10 aromatic rings. The van der Waals surface area contributed by atoms with Gasteiger partial charge < -0.3 is 13.9 Å². The lowest BCUT2D eigenvalue weighted by Gasteiger charge is -2.26. The summed E-state index contributed by atoms with van der Waals surface area (Å²) >= 11 is 0. The molecule has 0 fully saturated rings. The molecule has 0 unspecified atom stereocenters. The molecule has 0 atom stereocenters. The van der Waals surface area contributed by atoms with Crippen molar-refractivity contribution in [3.05, 3.63) is 188 Å². The number of hydrogen-bond acceptors (Lipinski definition) is 3. The van der Waals surface area contributed by atoms with Crippen molar-refractivity contribution in [1.29, 1.82) is 0 Å². The predicted octanol–water partition coefficient (Wildman–Crippen LogP) is 12.9. The Morgan fingerprint density at radius 2 is 1.06 bits per heavy atom. The van der Waals surface area contributed by atoms with E-state index in [0.717, 1.165) is 45.2 Å². The summed E-state index contributed by atoms with van der Waals surface area (Å²) in [7, 11) is 0. The number of benzene rings is 7. The highest BCUT2D eigenvalue weighted by molar-refractivity contribution is 6.14. The number of pyridine rings is 1. The Balaban J connectivity index is 1.15. The van der Waals surface area contributed by atoms with Crippen LogP contribution in [-0.2, 0) is 0 Å². The maximum Gasteiger partial charge on any atom is 0.153 e. The Kier molecular flexibility index (Phi) is 6.78. The fourth-order valence-electron chi connectivity index (χ4n) is 7.36. The second-order valence-electron chi connectivity index (χ2n) is 12.9. The Hall–Kier alpha value is -6.91. The molecule has 0 aliphatic heterocycles. The van der Waals surface area contributed by atoms with Crippen LogP contribution in [0.1, 0.15) is 0 Å². The van der Waals surface area contributed by atoms with E-state index >= 15 is 0 Å². The number of furan rings is 1. The summed E-state index contributed by atoms with van der Waals surface area (Å²) in [6, 6.07) is 64.6. The molecule has 3 aromatic heterocycles. The van der Waals surface area contributed by atoms with Crippen molar-refractivity contribution in [3.63, 3.8) is 0 Å². The zero-order valence-electron chi connectivity index (χ0n) is 27.6. The zero-order chi connectivity index (χ0) is 33.7. The number of anilines is 3. The van der Waals surface area contributed by atoms with E-state index in [0.29, 0.717) is 0 Å². The van der Waals surface area contributed by atoms with Gasteiger partial charge in [-0.15, -0.1) is 0 Å². The minimum absolute atomic E-state index is 0.785. The second kappa shape index (κ2) is 11.9. The summed E-state index contributed by atoms with van der Waals surface area (Å²) in [6.45, 7) is 0. The van der Waals surface area contributed by atoms with Gasteiger partial charge in [0.15, 0.2) is 5.58 Å².